The smallest absolute Gasteiger partial charge is 0.320 e. The number of thioether (sulfide) groups is 1. The molecule has 2 amide bonds. The van der Waals surface area contributed by atoms with Crippen molar-refractivity contribution in [1.82, 2.24) is 14.7 Å². The van der Waals surface area contributed by atoms with E-state index in [4.69, 9.17) is 0 Å². The molecule has 0 aromatic heterocycles. The van der Waals surface area contributed by atoms with Crippen LogP contribution in [0.15, 0.2) is 30.3 Å². The van der Waals surface area contributed by atoms with Crippen molar-refractivity contribution in [3.63, 3.8) is 0 Å². The molecule has 0 radical (unpaired) electrons. The largest absolute Gasteiger partial charge is 0.321 e. The highest BCUT2D eigenvalue weighted by atomic mass is 32.2. The van der Waals surface area contributed by atoms with Crippen molar-refractivity contribution in [2.75, 3.05) is 40.0 Å². The maximum absolute atomic E-state index is 13.6. The van der Waals surface area contributed by atoms with Gasteiger partial charge in [-0.05, 0) is 84.2 Å². The molecule has 2 aliphatic carbocycles. The van der Waals surface area contributed by atoms with Gasteiger partial charge in [-0.2, -0.15) is 11.8 Å². The first-order valence-corrected chi connectivity index (χ1v) is 13.3. The molecule has 4 rings (SSSR count). The Morgan fingerprint density at radius 3 is 2.26 bits per heavy atom. The van der Waals surface area contributed by atoms with Gasteiger partial charge in [-0.15, -0.1) is 0 Å². The second-order valence-corrected chi connectivity index (χ2v) is 12.5. The molecule has 3 fully saturated rings. The maximum atomic E-state index is 13.6. The van der Waals surface area contributed by atoms with Crippen LogP contribution in [0, 0.1) is 5.92 Å². The molecule has 3 aliphatic rings. The van der Waals surface area contributed by atoms with E-state index in [1.165, 1.54) is 24.8 Å². The third kappa shape index (κ3) is 4.25. The van der Waals surface area contributed by atoms with Gasteiger partial charge in [0.25, 0.3) is 0 Å². The van der Waals surface area contributed by atoms with Crippen LogP contribution in [-0.4, -0.2) is 71.0 Å². The number of benzene rings is 1. The van der Waals surface area contributed by atoms with Gasteiger partial charge < -0.3 is 9.80 Å². The van der Waals surface area contributed by atoms with Gasteiger partial charge in [0.15, 0.2) is 0 Å². The number of urea groups is 1. The highest BCUT2D eigenvalue weighted by Crippen LogP contribution is 2.50. The van der Waals surface area contributed by atoms with Crippen LogP contribution in [0.5, 0.6) is 0 Å². The molecule has 1 aromatic rings. The van der Waals surface area contributed by atoms with Gasteiger partial charge in [-0.3, -0.25) is 4.90 Å². The number of carbonyl (C=O) groups excluding carboxylic acids is 1. The minimum atomic E-state index is 0.00938. The lowest BCUT2D eigenvalue weighted by Crippen LogP contribution is -2.56. The minimum absolute atomic E-state index is 0.00938. The Kier molecular flexibility index (Phi) is 6.39. The van der Waals surface area contributed by atoms with Crippen LogP contribution in [-0.2, 0) is 5.54 Å². The Hall–Kier alpha value is -1.20. The van der Waals surface area contributed by atoms with Gasteiger partial charge in [0.2, 0.25) is 0 Å². The van der Waals surface area contributed by atoms with Crippen molar-refractivity contribution in [2.24, 2.45) is 5.92 Å². The van der Waals surface area contributed by atoms with E-state index in [2.05, 4.69) is 79.2 Å². The van der Waals surface area contributed by atoms with Gasteiger partial charge in [0.05, 0.1) is 5.54 Å². The molecule has 172 valence electrons. The lowest BCUT2D eigenvalue weighted by Gasteiger charge is -2.51. The first-order valence-electron chi connectivity index (χ1n) is 12.1. The van der Waals surface area contributed by atoms with E-state index < -0.39 is 0 Å². The van der Waals surface area contributed by atoms with E-state index in [0.29, 0.717) is 11.9 Å². The molecule has 4 nitrogen and oxygen atoms in total. The number of hydrogen-bond donors (Lipinski definition) is 0. The van der Waals surface area contributed by atoms with Crippen LogP contribution in [0.3, 0.4) is 0 Å². The van der Waals surface area contributed by atoms with E-state index >= 15 is 0 Å². The molecule has 31 heavy (non-hydrogen) atoms. The topological polar surface area (TPSA) is 26.8 Å². The fraction of sp³-hybridized carbons (Fsp3) is 0.731. The van der Waals surface area contributed by atoms with Crippen molar-refractivity contribution >= 4 is 17.8 Å². The van der Waals surface area contributed by atoms with Gasteiger partial charge in [0.1, 0.15) is 0 Å². The third-order valence-electron chi connectivity index (χ3n) is 8.52. The average Bonchev–Trinajstić information content (AvgIpc) is 2.96. The summed E-state index contributed by atoms with van der Waals surface area (Å²) in [4.78, 5) is 20.6. The van der Waals surface area contributed by atoms with E-state index in [1.54, 1.807) is 0 Å². The van der Waals surface area contributed by atoms with Gasteiger partial charge in [-0.25, -0.2) is 4.79 Å². The van der Waals surface area contributed by atoms with Gasteiger partial charge in [0, 0.05) is 29.9 Å². The van der Waals surface area contributed by atoms with Crippen LogP contribution in [0.2, 0.25) is 0 Å². The summed E-state index contributed by atoms with van der Waals surface area (Å²) in [6, 6.07) is 11.3. The molecule has 1 spiro atoms. The number of rotatable bonds is 7. The Bertz CT molecular complexity index is 766. The summed E-state index contributed by atoms with van der Waals surface area (Å²) in [6.07, 6.45) is 10.5. The van der Waals surface area contributed by atoms with Gasteiger partial charge in [-0.1, -0.05) is 36.8 Å². The first-order chi connectivity index (χ1) is 14.7. The summed E-state index contributed by atoms with van der Waals surface area (Å²) >= 11 is 1.86. The molecule has 5 heteroatoms. The van der Waals surface area contributed by atoms with Crippen LogP contribution < -0.4 is 0 Å². The van der Waals surface area contributed by atoms with Crippen molar-refractivity contribution in [3.8, 4) is 0 Å². The van der Waals surface area contributed by atoms with E-state index in [-0.39, 0.29) is 15.8 Å². The quantitative estimate of drug-likeness (QED) is 0.562. The summed E-state index contributed by atoms with van der Waals surface area (Å²) in [5.41, 5.74) is 1.50. The monoisotopic (exact) mass is 443 g/mol. The van der Waals surface area contributed by atoms with Crippen molar-refractivity contribution in [1.29, 1.82) is 0 Å². The highest BCUT2D eigenvalue weighted by molar-refractivity contribution is 7.99. The molecule has 1 aliphatic heterocycles. The van der Waals surface area contributed by atoms with E-state index in [9.17, 15) is 4.79 Å². The Balaban J connectivity index is 1.59. The molecule has 1 heterocycles. The molecule has 1 saturated heterocycles. The molecule has 2 saturated carbocycles. The Morgan fingerprint density at radius 1 is 1.10 bits per heavy atom. The average molecular weight is 444 g/mol. The first kappa shape index (κ1) is 23.0. The molecular weight excluding hydrogens is 402 g/mol. The number of hydrogen-bond acceptors (Lipinski definition) is 3. The molecule has 1 aromatic carbocycles. The van der Waals surface area contributed by atoms with Crippen molar-refractivity contribution in [2.45, 2.75) is 74.6 Å². The summed E-state index contributed by atoms with van der Waals surface area (Å²) in [7, 11) is 4.45. The molecule has 0 N–H and O–H groups in total. The lowest BCUT2D eigenvalue weighted by molar-refractivity contribution is 0.0159. The molecular formula is C26H41N3OS. The van der Waals surface area contributed by atoms with Crippen LogP contribution in [0.25, 0.3) is 0 Å². The summed E-state index contributed by atoms with van der Waals surface area (Å²) in [5.74, 6) is 0.712. The minimum Gasteiger partial charge on any atom is -0.321 e. The van der Waals surface area contributed by atoms with Crippen LogP contribution >= 0.6 is 11.8 Å². The van der Waals surface area contributed by atoms with Crippen molar-refractivity contribution < 1.29 is 4.79 Å². The Labute approximate surface area is 193 Å². The van der Waals surface area contributed by atoms with E-state index in [0.717, 1.165) is 45.3 Å². The zero-order valence-corrected chi connectivity index (χ0v) is 21.0. The number of nitrogens with zero attached hydrogens (tertiary/aromatic N) is 3. The van der Waals surface area contributed by atoms with Crippen LogP contribution in [0.1, 0.15) is 64.4 Å². The molecule has 0 unspecified atom stereocenters. The zero-order chi connectivity index (χ0) is 22.3. The second-order valence-electron chi connectivity index (χ2n) is 11.0. The Morgan fingerprint density at radius 2 is 1.74 bits per heavy atom. The highest BCUT2D eigenvalue weighted by Gasteiger charge is 2.55. The standard InChI is InChI=1S/C26H41N3OS/c1-24(2,31-5)19-28-20-25(29(23(28)30)18-21-10-9-11-21)14-16-26(17-15-25,27(3)4)22-12-7-6-8-13-22/h6-8,12-13,21H,9-11,14-20H2,1-5H3/t25-,26-. The fourth-order valence-electron chi connectivity index (χ4n) is 6.03. The zero-order valence-electron chi connectivity index (χ0n) is 20.2. The number of carbonyl (C=O) groups is 1. The molecule has 0 atom stereocenters. The fourth-order valence-corrected chi connectivity index (χ4v) is 6.32. The second kappa shape index (κ2) is 8.62. The predicted molar refractivity (Wildman–Crippen MR) is 132 cm³/mol. The maximum Gasteiger partial charge on any atom is 0.320 e. The lowest BCUT2D eigenvalue weighted by atomic mass is 9.68. The summed E-state index contributed by atoms with van der Waals surface area (Å²) in [5, 5.41) is 0. The van der Waals surface area contributed by atoms with Gasteiger partial charge >= 0.3 is 6.03 Å². The summed E-state index contributed by atoms with van der Waals surface area (Å²) in [6.45, 7) is 7.24. The van der Waals surface area contributed by atoms with Crippen LogP contribution in [0.4, 0.5) is 4.79 Å². The predicted octanol–water partition coefficient (Wildman–Crippen LogP) is 5.44. The third-order valence-corrected chi connectivity index (χ3v) is 9.76. The molecule has 0 bridgehead atoms. The van der Waals surface area contributed by atoms with Crippen molar-refractivity contribution in [3.05, 3.63) is 35.9 Å². The normalized spacial score (nSPS) is 29.8. The summed E-state index contributed by atoms with van der Waals surface area (Å²) < 4.78 is 0.0927. The number of amides is 2. The SMILES string of the molecule is CSC(C)(C)CN1C[C@]2(CC[C@@](c3ccccc3)(N(C)C)CC2)N(CC2CCC2)C1=O. The van der Waals surface area contributed by atoms with E-state index in [1.807, 2.05) is 11.8 Å².